The molecule has 0 heterocycles. The smallest absolute Gasteiger partial charge is 0.257 e. The molecule has 18 heavy (non-hydrogen) atoms. The number of amides is 1. The van der Waals surface area contributed by atoms with Gasteiger partial charge in [0.15, 0.2) is 6.61 Å². The topological polar surface area (TPSA) is 82.4 Å². The first-order valence-electron chi connectivity index (χ1n) is 5.72. The zero-order valence-electron chi connectivity index (χ0n) is 10.1. The molecule has 5 heteroatoms. The van der Waals surface area contributed by atoms with Gasteiger partial charge in [-0.15, -0.1) is 0 Å². The molecule has 0 radical (unpaired) electrons. The van der Waals surface area contributed by atoms with Crippen LogP contribution in [0.3, 0.4) is 0 Å². The lowest BCUT2D eigenvalue weighted by atomic mass is 10.1. The number of nitriles is 1. The minimum atomic E-state index is -0.246. The molecule has 96 valence electrons. The highest BCUT2D eigenvalue weighted by atomic mass is 16.5. The second kappa shape index (κ2) is 8.09. The van der Waals surface area contributed by atoms with E-state index in [1.807, 2.05) is 18.2 Å². The Kier molecular flexibility index (Phi) is 6.30. The van der Waals surface area contributed by atoms with Crippen LogP contribution in [-0.4, -0.2) is 30.8 Å². The van der Waals surface area contributed by atoms with Gasteiger partial charge in [-0.05, 0) is 24.1 Å². The number of carbonyl (C=O) groups is 1. The lowest BCUT2D eigenvalue weighted by Gasteiger charge is -2.07. The second-order valence-electron chi connectivity index (χ2n) is 3.66. The van der Waals surface area contributed by atoms with Crippen LogP contribution in [0.4, 0.5) is 0 Å². The Morgan fingerprint density at radius 2 is 2.11 bits per heavy atom. The first-order chi connectivity index (χ1) is 8.76. The molecule has 2 N–H and O–H groups in total. The summed E-state index contributed by atoms with van der Waals surface area (Å²) in [5.41, 5.74) is 1.02. The van der Waals surface area contributed by atoms with Crippen LogP contribution >= 0.6 is 0 Å². The third kappa shape index (κ3) is 5.32. The summed E-state index contributed by atoms with van der Waals surface area (Å²) in [6, 6.07) is 9.15. The summed E-state index contributed by atoms with van der Waals surface area (Å²) < 4.78 is 5.27. The highest BCUT2D eigenvalue weighted by molar-refractivity contribution is 5.77. The average molecular weight is 248 g/mol. The number of nitrogens with one attached hydrogen (secondary N) is 1. The first kappa shape index (κ1) is 14.0. The van der Waals surface area contributed by atoms with Crippen molar-refractivity contribution in [2.45, 2.75) is 12.8 Å². The maximum atomic E-state index is 11.3. The highest BCUT2D eigenvalue weighted by Crippen LogP contribution is 2.12. The van der Waals surface area contributed by atoms with Gasteiger partial charge in [-0.1, -0.05) is 12.1 Å². The summed E-state index contributed by atoms with van der Waals surface area (Å²) in [4.78, 5) is 11.3. The van der Waals surface area contributed by atoms with Gasteiger partial charge in [-0.2, -0.15) is 5.26 Å². The first-order valence-corrected chi connectivity index (χ1v) is 5.72. The minimum Gasteiger partial charge on any atom is -0.484 e. The van der Waals surface area contributed by atoms with E-state index in [4.69, 9.17) is 15.1 Å². The summed E-state index contributed by atoms with van der Waals surface area (Å²) in [6.07, 6.45) is 0.899. The number of benzene rings is 1. The summed E-state index contributed by atoms with van der Waals surface area (Å²) in [5.74, 6) is 0.358. The van der Waals surface area contributed by atoms with Crippen LogP contribution in [0.5, 0.6) is 5.75 Å². The molecule has 0 fully saturated rings. The zero-order chi connectivity index (χ0) is 13.2. The van der Waals surface area contributed by atoms with Crippen LogP contribution in [0.1, 0.15) is 12.0 Å². The normalized spacial score (nSPS) is 9.56. The summed E-state index contributed by atoms with van der Waals surface area (Å²) in [7, 11) is 0. The van der Waals surface area contributed by atoms with Crippen molar-refractivity contribution < 1.29 is 14.6 Å². The van der Waals surface area contributed by atoms with E-state index in [-0.39, 0.29) is 19.1 Å². The Morgan fingerprint density at radius 3 is 2.72 bits per heavy atom. The number of nitrogens with zero attached hydrogens (tertiary/aromatic N) is 1. The molecule has 0 saturated carbocycles. The van der Waals surface area contributed by atoms with E-state index < -0.39 is 0 Å². The summed E-state index contributed by atoms with van der Waals surface area (Å²) in [6.45, 7) is 0.389. The molecule has 0 saturated heterocycles. The lowest BCUT2D eigenvalue weighted by molar-refractivity contribution is -0.123. The largest absolute Gasteiger partial charge is 0.484 e. The Morgan fingerprint density at radius 1 is 1.39 bits per heavy atom. The van der Waals surface area contributed by atoms with Gasteiger partial charge < -0.3 is 15.2 Å². The number of aliphatic hydroxyl groups is 1. The quantitative estimate of drug-likeness (QED) is 0.693. The van der Waals surface area contributed by atoms with Gasteiger partial charge in [0.05, 0.1) is 12.5 Å². The molecule has 0 aromatic heterocycles. The van der Waals surface area contributed by atoms with Crippen molar-refractivity contribution >= 4 is 5.91 Å². The molecule has 0 unspecified atom stereocenters. The van der Waals surface area contributed by atoms with E-state index in [1.165, 1.54) is 0 Å². The van der Waals surface area contributed by atoms with Crippen molar-refractivity contribution in [2.75, 3.05) is 19.8 Å². The minimum absolute atomic E-state index is 0.0647. The zero-order valence-corrected chi connectivity index (χ0v) is 10.1. The fourth-order valence-corrected chi connectivity index (χ4v) is 1.34. The summed E-state index contributed by atoms with van der Waals surface area (Å²) >= 11 is 0. The second-order valence-corrected chi connectivity index (χ2v) is 3.66. The fraction of sp³-hybridized carbons (Fsp3) is 0.385. The molecule has 1 aromatic carbocycles. The van der Waals surface area contributed by atoms with Crippen molar-refractivity contribution in [1.82, 2.24) is 5.32 Å². The number of aliphatic hydroxyl groups excluding tert-OH is 1. The van der Waals surface area contributed by atoms with Crippen LogP contribution in [-0.2, 0) is 11.2 Å². The van der Waals surface area contributed by atoms with E-state index in [0.717, 1.165) is 5.56 Å². The molecule has 0 spiro atoms. The highest BCUT2D eigenvalue weighted by Gasteiger charge is 2.02. The van der Waals surface area contributed by atoms with Gasteiger partial charge >= 0.3 is 0 Å². The summed E-state index contributed by atoms with van der Waals surface area (Å²) in [5, 5.41) is 19.6. The number of ether oxygens (including phenoxy) is 1. The fourth-order valence-electron chi connectivity index (χ4n) is 1.34. The number of hydrogen-bond acceptors (Lipinski definition) is 4. The molecule has 0 bridgehead atoms. The Balaban J connectivity index is 2.30. The number of carbonyl (C=O) groups excluding carboxylic acids is 1. The van der Waals surface area contributed by atoms with Gasteiger partial charge in [0, 0.05) is 13.2 Å². The maximum absolute atomic E-state index is 11.3. The van der Waals surface area contributed by atoms with E-state index in [2.05, 4.69) is 5.32 Å². The van der Waals surface area contributed by atoms with Crippen LogP contribution < -0.4 is 10.1 Å². The van der Waals surface area contributed by atoms with Gasteiger partial charge in [0.2, 0.25) is 0 Å². The molecule has 1 amide bonds. The number of hydrogen-bond donors (Lipinski definition) is 2. The molecule has 0 aliphatic carbocycles. The van der Waals surface area contributed by atoms with Crippen molar-refractivity contribution in [1.29, 1.82) is 5.26 Å². The van der Waals surface area contributed by atoms with Crippen molar-refractivity contribution in [3.63, 3.8) is 0 Å². The Bertz CT molecular complexity index is 409. The molecule has 1 rings (SSSR count). The van der Waals surface area contributed by atoms with Gasteiger partial charge in [0.25, 0.3) is 5.91 Å². The molecule has 0 atom stereocenters. The van der Waals surface area contributed by atoms with E-state index in [0.29, 0.717) is 25.1 Å². The van der Waals surface area contributed by atoms with Crippen LogP contribution in [0.25, 0.3) is 0 Å². The lowest BCUT2D eigenvalue weighted by Crippen LogP contribution is -2.29. The molecular formula is C13H16N2O3. The Hall–Kier alpha value is -2.06. The molecule has 1 aromatic rings. The third-order valence-electron chi connectivity index (χ3n) is 2.25. The molecule has 0 aliphatic heterocycles. The SMILES string of the molecule is N#CCCNC(=O)COc1ccc(CCO)cc1. The van der Waals surface area contributed by atoms with Gasteiger partial charge in [0.1, 0.15) is 5.75 Å². The van der Waals surface area contributed by atoms with E-state index in [9.17, 15) is 4.79 Å². The molecule has 0 aliphatic rings. The Labute approximate surface area is 106 Å². The number of rotatable bonds is 7. The monoisotopic (exact) mass is 248 g/mol. The van der Waals surface area contributed by atoms with Crippen molar-refractivity contribution in [3.8, 4) is 11.8 Å². The van der Waals surface area contributed by atoms with Crippen LogP contribution in [0.15, 0.2) is 24.3 Å². The van der Waals surface area contributed by atoms with Gasteiger partial charge in [-0.3, -0.25) is 4.79 Å². The van der Waals surface area contributed by atoms with Gasteiger partial charge in [-0.25, -0.2) is 0 Å². The van der Waals surface area contributed by atoms with Crippen LogP contribution in [0, 0.1) is 11.3 Å². The van der Waals surface area contributed by atoms with E-state index >= 15 is 0 Å². The van der Waals surface area contributed by atoms with Crippen LogP contribution in [0.2, 0.25) is 0 Å². The average Bonchev–Trinajstić information content (AvgIpc) is 2.39. The van der Waals surface area contributed by atoms with Crippen molar-refractivity contribution in [3.05, 3.63) is 29.8 Å². The standard InChI is InChI=1S/C13H16N2O3/c14-7-1-8-15-13(17)10-18-12-4-2-11(3-5-12)6-9-16/h2-5,16H,1,6,8-10H2,(H,15,17). The maximum Gasteiger partial charge on any atom is 0.257 e. The van der Waals surface area contributed by atoms with Crippen molar-refractivity contribution in [2.24, 2.45) is 0 Å². The predicted molar refractivity (Wildman–Crippen MR) is 66.0 cm³/mol. The van der Waals surface area contributed by atoms with E-state index in [1.54, 1.807) is 12.1 Å². The third-order valence-corrected chi connectivity index (χ3v) is 2.25. The molecular weight excluding hydrogens is 232 g/mol. The predicted octanol–water partition coefficient (Wildman–Crippen LogP) is 0.630. The molecule has 5 nitrogen and oxygen atoms in total.